The number of unbranched alkanes of at least 4 members (excludes halogenated alkanes) is 17. The summed E-state index contributed by atoms with van der Waals surface area (Å²) in [6, 6.07) is -1.27. The van der Waals surface area contributed by atoms with Gasteiger partial charge in [-0.25, -0.2) is 4.57 Å². The summed E-state index contributed by atoms with van der Waals surface area (Å²) in [6.07, 6.45) is 30.2. The zero-order chi connectivity index (χ0) is 45.1. The zero-order valence-electron chi connectivity index (χ0n) is 37.3. The van der Waals surface area contributed by atoms with E-state index in [0.717, 1.165) is 57.8 Å². The van der Waals surface area contributed by atoms with Gasteiger partial charge in [0.05, 0.1) is 31.3 Å². The molecular formula is C47H84NO12P. The number of aliphatic hydroxyl groups is 7. The van der Waals surface area contributed by atoms with E-state index in [-0.39, 0.29) is 6.42 Å². The zero-order valence-corrected chi connectivity index (χ0v) is 38.2. The summed E-state index contributed by atoms with van der Waals surface area (Å²) >= 11 is 0. The maximum Gasteiger partial charge on any atom is 0.472 e. The molecule has 1 fully saturated rings. The number of nitrogens with one attached hydrogen (secondary N) is 1. The molecule has 0 aliphatic heterocycles. The standard InChI is InChI=1S/C47H84NO12P/c1-3-5-7-9-11-13-15-17-18-19-20-21-23-25-27-29-31-33-35-40(50)39(37-59-61(57,58)60-47-45(55)43(53)42(52)44(54)46(47)56)48-41(51)36-38(49)34-32-30-28-26-24-22-16-14-12-10-8-6-4-2/h12,14,16,19-20,22,25,27,33,35,38-40,42-47,49-50,52-56H,3-11,13,15,17-18,21,23-24,26,28-32,34,36-37H2,1-2H3,(H,48,51)(H,57,58)/b14-12-,20-19+,22-16-,27-25+,35-33+. The minimum absolute atomic E-state index is 0.273. The molecule has 1 aliphatic carbocycles. The first-order valence-corrected chi connectivity index (χ1v) is 24.8. The van der Waals surface area contributed by atoms with Gasteiger partial charge in [-0.05, 0) is 70.6 Å². The molecule has 1 aliphatic rings. The lowest BCUT2D eigenvalue weighted by molar-refractivity contribution is -0.220. The van der Waals surface area contributed by atoms with Crippen LogP contribution in [0, 0.1) is 0 Å². The first kappa shape index (κ1) is 57.0. The summed E-state index contributed by atoms with van der Waals surface area (Å²) in [5.74, 6) is -0.622. The van der Waals surface area contributed by atoms with Crippen LogP contribution in [0.1, 0.15) is 168 Å². The van der Waals surface area contributed by atoms with Crippen molar-refractivity contribution in [3.63, 3.8) is 0 Å². The van der Waals surface area contributed by atoms with E-state index in [4.69, 9.17) is 9.05 Å². The Hall–Kier alpha value is -2.00. The quantitative estimate of drug-likeness (QED) is 0.0127. The molecule has 9 N–H and O–H groups in total. The highest BCUT2D eigenvalue weighted by molar-refractivity contribution is 7.47. The van der Waals surface area contributed by atoms with Crippen molar-refractivity contribution in [1.29, 1.82) is 0 Å². The molecule has 14 heteroatoms. The van der Waals surface area contributed by atoms with Crippen molar-refractivity contribution in [2.24, 2.45) is 0 Å². The molecule has 0 saturated heterocycles. The van der Waals surface area contributed by atoms with Crippen LogP contribution in [0.5, 0.6) is 0 Å². The summed E-state index contributed by atoms with van der Waals surface area (Å²) < 4.78 is 22.8. The molecule has 8 unspecified atom stereocenters. The Bertz CT molecular complexity index is 1280. The maximum atomic E-state index is 13.0. The van der Waals surface area contributed by atoms with E-state index < -0.39 is 75.2 Å². The van der Waals surface area contributed by atoms with Crippen molar-refractivity contribution in [3.05, 3.63) is 60.8 Å². The SMILES string of the molecule is CCCCC/C=C\C=C/CCCCCCC(O)CC(=O)NC(COP(=O)(O)OC1C(O)C(O)C(O)C(O)C1O)C(O)/C=C/CC/C=C/CC/C=C/CCCCCCCCCC. The van der Waals surface area contributed by atoms with Crippen LogP contribution >= 0.6 is 7.82 Å². The fraction of sp³-hybridized carbons (Fsp3) is 0.766. The van der Waals surface area contributed by atoms with E-state index in [1.165, 1.54) is 76.7 Å². The van der Waals surface area contributed by atoms with Crippen molar-refractivity contribution >= 4 is 13.7 Å². The van der Waals surface area contributed by atoms with Crippen molar-refractivity contribution < 1.29 is 59.0 Å². The Kier molecular flexibility index (Phi) is 34.0. The molecule has 0 aromatic carbocycles. The number of rotatable bonds is 37. The fourth-order valence-electron chi connectivity index (χ4n) is 6.97. The molecule has 1 amide bonds. The second-order valence-electron chi connectivity index (χ2n) is 16.4. The van der Waals surface area contributed by atoms with E-state index in [1.54, 1.807) is 6.08 Å². The van der Waals surface area contributed by atoms with E-state index in [1.807, 2.05) is 0 Å². The highest BCUT2D eigenvalue weighted by atomic mass is 31.2. The number of carbonyl (C=O) groups excluding carboxylic acids is 1. The van der Waals surface area contributed by atoms with Gasteiger partial charge in [-0.2, -0.15) is 0 Å². The van der Waals surface area contributed by atoms with Crippen LogP contribution in [-0.2, 0) is 18.4 Å². The minimum atomic E-state index is -5.16. The van der Waals surface area contributed by atoms with Crippen LogP contribution in [0.4, 0.5) is 0 Å². The molecule has 8 atom stereocenters. The van der Waals surface area contributed by atoms with Crippen molar-refractivity contribution in [2.75, 3.05) is 6.61 Å². The molecule has 0 bridgehead atoms. The second-order valence-corrected chi connectivity index (χ2v) is 17.8. The lowest BCUT2D eigenvalue weighted by atomic mass is 9.85. The van der Waals surface area contributed by atoms with E-state index in [0.29, 0.717) is 19.3 Å². The van der Waals surface area contributed by atoms with Gasteiger partial charge in [-0.1, -0.05) is 152 Å². The van der Waals surface area contributed by atoms with Gasteiger partial charge < -0.3 is 46.0 Å². The van der Waals surface area contributed by atoms with E-state index in [9.17, 15) is 50.0 Å². The third-order valence-corrected chi connectivity index (χ3v) is 11.8. The summed E-state index contributed by atoms with van der Waals surface area (Å²) in [7, 11) is -5.16. The van der Waals surface area contributed by atoms with Gasteiger partial charge in [0.25, 0.3) is 0 Å². The fourth-order valence-corrected chi connectivity index (χ4v) is 7.93. The van der Waals surface area contributed by atoms with Gasteiger partial charge in [0.2, 0.25) is 5.91 Å². The Morgan fingerprint density at radius 3 is 1.57 bits per heavy atom. The van der Waals surface area contributed by atoms with Gasteiger partial charge in [0.1, 0.15) is 36.6 Å². The molecule has 1 rings (SSSR count). The van der Waals surface area contributed by atoms with Gasteiger partial charge in [-0.3, -0.25) is 13.8 Å². The number of aliphatic hydroxyl groups excluding tert-OH is 7. The molecule has 0 heterocycles. The van der Waals surface area contributed by atoms with Gasteiger partial charge in [0.15, 0.2) is 0 Å². The Labute approximate surface area is 367 Å². The average Bonchev–Trinajstić information content (AvgIpc) is 3.23. The molecule has 0 radical (unpaired) electrons. The lowest BCUT2D eigenvalue weighted by Gasteiger charge is -2.41. The third kappa shape index (κ3) is 28.4. The van der Waals surface area contributed by atoms with Crippen LogP contribution in [0.15, 0.2) is 60.8 Å². The van der Waals surface area contributed by atoms with Crippen molar-refractivity contribution in [1.82, 2.24) is 5.32 Å². The average molecular weight is 886 g/mol. The first-order chi connectivity index (χ1) is 29.3. The molecule has 1 saturated carbocycles. The smallest absolute Gasteiger partial charge is 0.393 e. The monoisotopic (exact) mass is 886 g/mol. The molecule has 0 spiro atoms. The topological polar surface area (TPSA) is 226 Å². The van der Waals surface area contributed by atoms with Crippen LogP contribution in [0.2, 0.25) is 0 Å². The number of carbonyl (C=O) groups is 1. The number of hydrogen-bond donors (Lipinski definition) is 9. The second kappa shape index (κ2) is 36.4. The molecule has 354 valence electrons. The molecule has 13 nitrogen and oxygen atoms in total. The first-order valence-electron chi connectivity index (χ1n) is 23.3. The number of phosphoric ester groups is 1. The Morgan fingerprint density at radius 2 is 1.02 bits per heavy atom. The summed E-state index contributed by atoms with van der Waals surface area (Å²) in [6.45, 7) is 3.67. The van der Waals surface area contributed by atoms with Gasteiger partial charge in [-0.15, -0.1) is 0 Å². The van der Waals surface area contributed by atoms with E-state index >= 15 is 0 Å². The lowest BCUT2D eigenvalue weighted by Crippen LogP contribution is -2.64. The number of hydrogen-bond acceptors (Lipinski definition) is 11. The molecule has 0 aromatic rings. The Morgan fingerprint density at radius 1 is 0.590 bits per heavy atom. The van der Waals surface area contributed by atoms with Crippen molar-refractivity contribution in [3.8, 4) is 0 Å². The third-order valence-electron chi connectivity index (χ3n) is 10.8. The molecular weight excluding hydrogens is 801 g/mol. The summed E-state index contributed by atoms with van der Waals surface area (Å²) in [5.41, 5.74) is 0. The Balaban J connectivity index is 2.62. The minimum Gasteiger partial charge on any atom is -0.393 e. The van der Waals surface area contributed by atoms with Gasteiger partial charge >= 0.3 is 7.82 Å². The maximum absolute atomic E-state index is 13.0. The van der Waals surface area contributed by atoms with Gasteiger partial charge in [0, 0.05) is 0 Å². The van der Waals surface area contributed by atoms with Crippen molar-refractivity contribution in [2.45, 2.75) is 223 Å². The molecule has 0 aromatic heterocycles. The summed E-state index contributed by atoms with van der Waals surface area (Å²) in [5, 5.41) is 74.4. The highest BCUT2D eigenvalue weighted by Crippen LogP contribution is 2.47. The van der Waals surface area contributed by atoms with Crippen LogP contribution in [-0.4, -0.2) is 108 Å². The van der Waals surface area contributed by atoms with Crippen LogP contribution < -0.4 is 5.32 Å². The molecule has 61 heavy (non-hydrogen) atoms. The van der Waals surface area contributed by atoms with Crippen LogP contribution in [0.3, 0.4) is 0 Å². The predicted octanol–water partition coefficient (Wildman–Crippen LogP) is 7.70. The highest BCUT2D eigenvalue weighted by Gasteiger charge is 2.51. The summed E-state index contributed by atoms with van der Waals surface area (Å²) in [4.78, 5) is 23.4. The number of phosphoric acid groups is 1. The number of amides is 1. The normalized spacial score (nSPS) is 23.8. The predicted molar refractivity (Wildman–Crippen MR) is 242 cm³/mol. The largest absolute Gasteiger partial charge is 0.472 e. The van der Waals surface area contributed by atoms with Crippen LogP contribution in [0.25, 0.3) is 0 Å². The van der Waals surface area contributed by atoms with E-state index in [2.05, 4.69) is 67.8 Å². The number of allylic oxidation sites excluding steroid dienone is 9.